The van der Waals surface area contributed by atoms with Gasteiger partial charge in [-0.25, -0.2) is 9.59 Å². The van der Waals surface area contributed by atoms with Crippen LogP contribution in [0.5, 0.6) is 0 Å². The third-order valence-electron chi connectivity index (χ3n) is 3.18. The Morgan fingerprint density at radius 1 is 1.14 bits per heavy atom. The number of rotatable bonds is 5. The molecule has 0 aliphatic rings. The van der Waals surface area contributed by atoms with Crippen molar-refractivity contribution >= 4 is 17.9 Å². The van der Waals surface area contributed by atoms with Crippen LogP contribution in [0.2, 0.25) is 0 Å². The number of hydrogen-bond donors (Lipinski definition) is 2. The first-order valence-corrected chi connectivity index (χ1v) is 7.12. The summed E-state index contributed by atoms with van der Waals surface area (Å²) in [5.74, 6) is -0.867. The Morgan fingerprint density at radius 2 is 1.77 bits per heavy atom. The van der Waals surface area contributed by atoms with Gasteiger partial charge in [-0.15, -0.1) is 0 Å². The quantitative estimate of drug-likeness (QED) is 0.815. The first-order valence-electron chi connectivity index (χ1n) is 7.12. The molecule has 0 aliphatic carbocycles. The normalized spacial score (nSPS) is 10.6. The van der Waals surface area contributed by atoms with Gasteiger partial charge in [0, 0.05) is 0 Å². The summed E-state index contributed by atoms with van der Waals surface area (Å²) >= 11 is 0. The Balaban J connectivity index is 2.88. The highest BCUT2D eigenvalue weighted by Crippen LogP contribution is 2.25. The fraction of sp³-hybridized carbons (Fsp3) is 0.438. The van der Waals surface area contributed by atoms with Crippen molar-refractivity contribution in [2.45, 2.75) is 39.5 Å². The second-order valence-corrected chi connectivity index (χ2v) is 5.64. The maximum Gasteiger partial charge on any atom is 0.338 e. The Bertz CT molecular complexity index is 580. The van der Waals surface area contributed by atoms with Gasteiger partial charge in [-0.05, 0) is 29.0 Å². The van der Waals surface area contributed by atoms with Crippen molar-refractivity contribution in [2.24, 2.45) is 5.73 Å². The molecule has 0 spiro atoms. The number of esters is 1. The lowest BCUT2D eigenvalue weighted by Gasteiger charge is -2.15. The molecule has 1 rings (SSSR count). The van der Waals surface area contributed by atoms with E-state index in [-0.39, 0.29) is 5.92 Å². The Kier molecular flexibility index (Phi) is 6.10. The molecule has 1 aromatic carbocycles. The highest BCUT2D eigenvalue weighted by atomic mass is 16.5. The summed E-state index contributed by atoms with van der Waals surface area (Å²) in [5, 5.41) is 1.83. The van der Waals surface area contributed by atoms with Gasteiger partial charge in [0.1, 0.15) is 0 Å². The highest BCUT2D eigenvalue weighted by Gasteiger charge is 2.18. The summed E-state index contributed by atoms with van der Waals surface area (Å²) in [5.41, 5.74) is 7.23. The molecule has 0 saturated carbocycles. The molecule has 0 heterocycles. The molecule has 0 aromatic heterocycles. The van der Waals surface area contributed by atoms with E-state index < -0.39 is 24.5 Å². The number of nitrogens with two attached hydrogens (primary N) is 1. The number of carbonyl (C=O) groups excluding carboxylic acids is 3. The predicted octanol–water partition coefficient (Wildman–Crippen LogP) is 2.29. The van der Waals surface area contributed by atoms with Crippen LogP contribution in [0.1, 0.15) is 61.0 Å². The first-order chi connectivity index (χ1) is 10.2. The third kappa shape index (κ3) is 4.87. The average molecular weight is 306 g/mol. The van der Waals surface area contributed by atoms with E-state index in [1.54, 1.807) is 6.07 Å². The van der Waals surface area contributed by atoms with Gasteiger partial charge in [-0.3, -0.25) is 10.1 Å². The zero-order valence-electron chi connectivity index (χ0n) is 13.3. The number of hydrogen-bond acceptors (Lipinski definition) is 4. The smallest absolute Gasteiger partial charge is 0.338 e. The lowest BCUT2D eigenvalue weighted by Crippen LogP contribution is -2.37. The Morgan fingerprint density at radius 3 is 2.27 bits per heavy atom. The maximum atomic E-state index is 12.1. The second kappa shape index (κ2) is 7.59. The van der Waals surface area contributed by atoms with Crippen LogP contribution in [-0.2, 0) is 9.53 Å². The van der Waals surface area contributed by atoms with Crippen molar-refractivity contribution < 1.29 is 19.1 Å². The van der Waals surface area contributed by atoms with Crippen molar-refractivity contribution in [3.8, 4) is 0 Å². The molecule has 22 heavy (non-hydrogen) atoms. The fourth-order valence-electron chi connectivity index (χ4n) is 1.99. The lowest BCUT2D eigenvalue weighted by atomic mass is 9.91. The molecule has 1 aromatic rings. The van der Waals surface area contributed by atoms with Crippen molar-refractivity contribution in [3.05, 3.63) is 34.9 Å². The van der Waals surface area contributed by atoms with Crippen LogP contribution in [0.4, 0.5) is 4.79 Å². The average Bonchev–Trinajstić information content (AvgIpc) is 2.43. The minimum absolute atomic E-state index is 0.140. The van der Waals surface area contributed by atoms with Crippen LogP contribution < -0.4 is 11.1 Å². The summed E-state index contributed by atoms with van der Waals surface area (Å²) in [4.78, 5) is 33.9. The molecule has 0 bridgehead atoms. The molecule has 3 amide bonds. The molecule has 0 atom stereocenters. The number of urea groups is 1. The monoisotopic (exact) mass is 306 g/mol. The molecule has 6 heteroatoms. The molecule has 0 unspecified atom stereocenters. The van der Waals surface area contributed by atoms with Gasteiger partial charge in [-0.1, -0.05) is 39.8 Å². The Labute approximate surface area is 130 Å². The van der Waals surface area contributed by atoms with Crippen LogP contribution in [0.25, 0.3) is 0 Å². The van der Waals surface area contributed by atoms with E-state index in [1.165, 1.54) is 0 Å². The molecule has 0 saturated heterocycles. The fourth-order valence-corrected chi connectivity index (χ4v) is 1.99. The lowest BCUT2D eigenvalue weighted by molar-refractivity contribution is -0.123. The van der Waals surface area contributed by atoms with Gasteiger partial charge in [0.2, 0.25) is 0 Å². The molecule has 0 fully saturated rings. The van der Waals surface area contributed by atoms with E-state index in [1.807, 2.05) is 31.3 Å². The van der Waals surface area contributed by atoms with Gasteiger partial charge in [0.05, 0.1) is 5.56 Å². The number of amides is 3. The number of primary amides is 1. The van der Waals surface area contributed by atoms with Gasteiger partial charge < -0.3 is 10.5 Å². The molecule has 0 aliphatic heterocycles. The standard InChI is InChI=1S/C16H22N2O4/c1-9(2)11-5-6-12(13(7-11)10(3)4)15(20)22-8-14(19)18-16(17)21/h5-7,9-10H,8H2,1-4H3,(H3,17,18,19,21). The largest absolute Gasteiger partial charge is 0.452 e. The molecular weight excluding hydrogens is 284 g/mol. The summed E-state index contributed by atoms with van der Waals surface area (Å²) < 4.78 is 4.92. The summed E-state index contributed by atoms with van der Waals surface area (Å²) in [6.07, 6.45) is 0. The van der Waals surface area contributed by atoms with Crippen molar-refractivity contribution in [3.63, 3.8) is 0 Å². The van der Waals surface area contributed by atoms with Crippen LogP contribution in [0, 0.1) is 0 Å². The summed E-state index contributed by atoms with van der Waals surface area (Å²) in [6.45, 7) is 7.56. The van der Waals surface area contributed by atoms with E-state index in [4.69, 9.17) is 10.5 Å². The van der Waals surface area contributed by atoms with E-state index >= 15 is 0 Å². The van der Waals surface area contributed by atoms with Crippen LogP contribution in [0.15, 0.2) is 18.2 Å². The number of carbonyl (C=O) groups is 3. The zero-order valence-corrected chi connectivity index (χ0v) is 13.3. The molecular formula is C16H22N2O4. The zero-order chi connectivity index (χ0) is 16.9. The van der Waals surface area contributed by atoms with E-state index in [9.17, 15) is 14.4 Å². The molecule has 120 valence electrons. The van der Waals surface area contributed by atoms with Crippen LogP contribution in [0.3, 0.4) is 0 Å². The topological polar surface area (TPSA) is 98.5 Å². The number of benzene rings is 1. The maximum absolute atomic E-state index is 12.1. The Hall–Kier alpha value is -2.37. The summed E-state index contributed by atoms with van der Waals surface area (Å²) in [6, 6.07) is 4.58. The SMILES string of the molecule is CC(C)c1ccc(C(=O)OCC(=O)NC(N)=O)c(C(C)C)c1. The molecule has 6 nitrogen and oxygen atoms in total. The van der Waals surface area contributed by atoms with Gasteiger partial charge in [-0.2, -0.15) is 0 Å². The van der Waals surface area contributed by atoms with Gasteiger partial charge in [0.15, 0.2) is 6.61 Å². The van der Waals surface area contributed by atoms with E-state index in [0.717, 1.165) is 11.1 Å². The van der Waals surface area contributed by atoms with E-state index in [0.29, 0.717) is 11.5 Å². The minimum atomic E-state index is -0.981. The number of ether oxygens (including phenoxy) is 1. The molecule has 0 radical (unpaired) electrons. The first kappa shape index (κ1) is 17.7. The predicted molar refractivity (Wildman–Crippen MR) is 82.6 cm³/mol. The van der Waals surface area contributed by atoms with Crippen molar-refractivity contribution in [2.75, 3.05) is 6.61 Å². The number of imide groups is 1. The van der Waals surface area contributed by atoms with Gasteiger partial charge in [0.25, 0.3) is 5.91 Å². The van der Waals surface area contributed by atoms with Gasteiger partial charge >= 0.3 is 12.0 Å². The third-order valence-corrected chi connectivity index (χ3v) is 3.18. The van der Waals surface area contributed by atoms with Crippen molar-refractivity contribution in [1.29, 1.82) is 0 Å². The van der Waals surface area contributed by atoms with Crippen molar-refractivity contribution in [1.82, 2.24) is 5.32 Å². The van der Waals surface area contributed by atoms with E-state index in [2.05, 4.69) is 13.8 Å². The highest BCUT2D eigenvalue weighted by molar-refractivity contribution is 5.97. The van der Waals surface area contributed by atoms with Crippen LogP contribution in [-0.4, -0.2) is 24.5 Å². The summed E-state index contributed by atoms with van der Waals surface area (Å²) in [7, 11) is 0. The van der Waals surface area contributed by atoms with Crippen LogP contribution >= 0.6 is 0 Å². The minimum Gasteiger partial charge on any atom is -0.452 e. The second-order valence-electron chi connectivity index (χ2n) is 5.64. The molecule has 3 N–H and O–H groups in total. The number of nitrogens with one attached hydrogen (secondary N) is 1.